The van der Waals surface area contributed by atoms with E-state index in [-0.39, 0.29) is 17.2 Å². The lowest BCUT2D eigenvalue weighted by Gasteiger charge is -2.30. The Morgan fingerprint density at radius 1 is 1.03 bits per heavy atom. The van der Waals surface area contributed by atoms with Gasteiger partial charge in [-0.2, -0.15) is 4.31 Å². The molecule has 0 unspecified atom stereocenters. The molecule has 0 atom stereocenters. The maximum Gasteiger partial charge on any atom is 0.243 e. The monoisotopic (exact) mass is 451 g/mol. The third-order valence-electron chi connectivity index (χ3n) is 6.05. The van der Waals surface area contributed by atoms with E-state index >= 15 is 0 Å². The summed E-state index contributed by atoms with van der Waals surface area (Å²) >= 11 is 0. The Labute approximate surface area is 189 Å². The summed E-state index contributed by atoms with van der Waals surface area (Å²) in [6.07, 6.45) is 2.74. The van der Waals surface area contributed by atoms with Gasteiger partial charge < -0.3 is 5.32 Å². The van der Waals surface area contributed by atoms with Gasteiger partial charge >= 0.3 is 0 Å². The summed E-state index contributed by atoms with van der Waals surface area (Å²) in [4.78, 5) is 17.4. The summed E-state index contributed by atoms with van der Waals surface area (Å²) < 4.78 is 27.6. The number of carbonyl (C=O) groups excluding carboxylic acids is 1. The number of carbonyl (C=O) groups is 1. The lowest BCUT2D eigenvalue weighted by molar-refractivity contribution is -0.120. The molecule has 3 aromatic rings. The number of hydrogen-bond donors (Lipinski definition) is 1. The van der Waals surface area contributed by atoms with E-state index in [1.54, 1.807) is 18.3 Å². The molecule has 2 heterocycles. The van der Waals surface area contributed by atoms with Gasteiger partial charge in [-0.15, -0.1) is 0 Å². The van der Waals surface area contributed by atoms with Crippen LogP contribution in [0.25, 0.3) is 10.9 Å². The standard InChI is InChI=1S/C25H29N3O3S/c1-25(2,3)20-6-9-22(10-7-20)32(30,31)28-15-12-18(13-16-28)24(29)27-21-8-11-23-19(17-21)5-4-14-26-23/h4-11,14,17-18H,12-13,15-16H2,1-3H3,(H,27,29). The Morgan fingerprint density at radius 2 is 1.72 bits per heavy atom. The van der Waals surface area contributed by atoms with Crippen LogP contribution in [0.5, 0.6) is 0 Å². The largest absolute Gasteiger partial charge is 0.326 e. The van der Waals surface area contributed by atoms with E-state index in [4.69, 9.17) is 0 Å². The number of amides is 1. The number of rotatable bonds is 4. The minimum atomic E-state index is -3.56. The first-order valence-corrected chi connectivity index (χ1v) is 12.3. The number of hydrogen-bond acceptors (Lipinski definition) is 4. The molecule has 168 valence electrons. The van der Waals surface area contributed by atoms with Gasteiger partial charge in [0.15, 0.2) is 0 Å². The van der Waals surface area contributed by atoms with Crippen LogP contribution < -0.4 is 5.32 Å². The highest BCUT2D eigenvalue weighted by molar-refractivity contribution is 7.89. The summed E-state index contributed by atoms with van der Waals surface area (Å²) in [6.45, 7) is 6.97. The van der Waals surface area contributed by atoms with Crippen molar-refractivity contribution in [3.05, 3.63) is 66.4 Å². The van der Waals surface area contributed by atoms with E-state index in [1.165, 1.54) is 4.31 Å². The molecule has 0 saturated carbocycles. The predicted octanol–water partition coefficient (Wildman–Crippen LogP) is 4.57. The first-order chi connectivity index (χ1) is 15.1. The molecule has 7 heteroatoms. The second kappa shape index (κ2) is 8.64. The minimum absolute atomic E-state index is 0.0322. The van der Waals surface area contributed by atoms with Crippen LogP contribution in [-0.2, 0) is 20.2 Å². The third-order valence-corrected chi connectivity index (χ3v) is 7.97. The number of sulfonamides is 1. The van der Waals surface area contributed by atoms with Gasteiger partial charge in [-0.05, 0) is 60.2 Å². The van der Waals surface area contributed by atoms with Crippen LogP contribution >= 0.6 is 0 Å². The molecule has 1 fully saturated rings. The van der Waals surface area contributed by atoms with Crippen LogP contribution in [0, 0.1) is 5.92 Å². The van der Waals surface area contributed by atoms with E-state index in [1.807, 2.05) is 42.5 Å². The molecule has 0 spiro atoms. The van der Waals surface area contributed by atoms with E-state index < -0.39 is 10.0 Å². The van der Waals surface area contributed by atoms with Gasteiger partial charge in [0, 0.05) is 36.3 Å². The smallest absolute Gasteiger partial charge is 0.243 e. The zero-order valence-corrected chi connectivity index (χ0v) is 19.5. The van der Waals surface area contributed by atoms with Crippen LogP contribution in [0.15, 0.2) is 65.7 Å². The van der Waals surface area contributed by atoms with E-state index in [0.717, 1.165) is 22.2 Å². The van der Waals surface area contributed by atoms with Crippen LogP contribution in [0.4, 0.5) is 5.69 Å². The second-order valence-electron chi connectivity index (χ2n) is 9.35. The number of nitrogens with one attached hydrogen (secondary N) is 1. The Morgan fingerprint density at radius 3 is 2.38 bits per heavy atom. The lowest BCUT2D eigenvalue weighted by atomic mass is 9.87. The van der Waals surface area contributed by atoms with Crippen LogP contribution in [0.3, 0.4) is 0 Å². The summed E-state index contributed by atoms with van der Waals surface area (Å²) in [5.74, 6) is -0.283. The highest BCUT2D eigenvalue weighted by atomic mass is 32.2. The van der Waals surface area contributed by atoms with E-state index in [9.17, 15) is 13.2 Å². The Kier molecular flexibility index (Phi) is 6.05. The molecule has 1 aliphatic heterocycles. The highest BCUT2D eigenvalue weighted by Gasteiger charge is 2.32. The number of piperidine rings is 1. The molecule has 6 nitrogen and oxygen atoms in total. The summed E-state index contributed by atoms with van der Waals surface area (Å²) in [5.41, 5.74) is 2.66. The number of anilines is 1. The quantitative estimate of drug-likeness (QED) is 0.630. The number of benzene rings is 2. The second-order valence-corrected chi connectivity index (χ2v) is 11.3. The minimum Gasteiger partial charge on any atom is -0.326 e. The molecule has 1 aromatic heterocycles. The molecular formula is C25H29N3O3S. The number of nitrogens with zero attached hydrogens (tertiary/aromatic N) is 2. The van der Waals surface area contributed by atoms with E-state index in [0.29, 0.717) is 30.8 Å². The fourth-order valence-corrected chi connectivity index (χ4v) is 5.50. The Hall–Kier alpha value is -2.77. The molecule has 0 bridgehead atoms. The normalized spacial score (nSPS) is 16.2. The van der Waals surface area contributed by atoms with Crippen LogP contribution in [0.1, 0.15) is 39.2 Å². The third kappa shape index (κ3) is 4.69. The van der Waals surface area contributed by atoms with Crippen molar-refractivity contribution in [2.75, 3.05) is 18.4 Å². The first kappa shape index (κ1) is 22.4. The van der Waals surface area contributed by atoms with Crippen molar-refractivity contribution in [2.24, 2.45) is 5.92 Å². The molecule has 2 aromatic carbocycles. The Bertz CT molecular complexity index is 1220. The average Bonchev–Trinajstić information content (AvgIpc) is 2.78. The first-order valence-electron chi connectivity index (χ1n) is 10.9. The van der Waals surface area contributed by atoms with Gasteiger partial charge in [-0.1, -0.05) is 39.0 Å². The summed E-state index contributed by atoms with van der Waals surface area (Å²) in [6, 6.07) is 16.6. The molecule has 1 aliphatic rings. The molecule has 0 radical (unpaired) electrons. The fourth-order valence-electron chi connectivity index (χ4n) is 4.03. The maximum absolute atomic E-state index is 13.1. The van der Waals surface area contributed by atoms with Gasteiger partial charge in [0.2, 0.25) is 15.9 Å². The maximum atomic E-state index is 13.1. The van der Waals surface area contributed by atoms with Crippen molar-refractivity contribution in [3.8, 4) is 0 Å². The zero-order valence-electron chi connectivity index (χ0n) is 18.7. The van der Waals surface area contributed by atoms with Gasteiger partial charge in [-0.25, -0.2) is 8.42 Å². The lowest BCUT2D eigenvalue weighted by Crippen LogP contribution is -2.41. The summed E-state index contributed by atoms with van der Waals surface area (Å²) in [7, 11) is -3.56. The van der Waals surface area contributed by atoms with Gasteiger partial charge in [-0.3, -0.25) is 9.78 Å². The molecular weight excluding hydrogens is 422 g/mol. The number of aromatic nitrogens is 1. The predicted molar refractivity (Wildman–Crippen MR) is 127 cm³/mol. The van der Waals surface area contributed by atoms with Gasteiger partial charge in [0.1, 0.15) is 0 Å². The van der Waals surface area contributed by atoms with Crippen molar-refractivity contribution in [2.45, 2.75) is 43.9 Å². The van der Waals surface area contributed by atoms with Crippen molar-refractivity contribution >= 4 is 32.5 Å². The fraction of sp³-hybridized carbons (Fsp3) is 0.360. The van der Waals surface area contributed by atoms with Crippen molar-refractivity contribution in [1.82, 2.24) is 9.29 Å². The molecule has 0 aliphatic carbocycles. The topological polar surface area (TPSA) is 79.4 Å². The Balaban J connectivity index is 1.38. The van der Waals surface area contributed by atoms with E-state index in [2.05, 4.69) is 31.1 Å². The SMILES string of the molecule is CC(C)(C)c1ccc(S(=O)(=O)N2CCC(C(=O)Nc3ccc4ncccc4c3)CC2)cc1. The molecule has 4 rings (SSSR count). The summed E-state index contributed by atoms with van der Waals surface area (Å²) in [5, 5.41) is 3.94. The van der Waals surface area contributed by atoms with Gasteiger partial charge in [0.05, 0.1) is 10.4 Å². The molecule has 1 amide bonds. The van der Waals surface area contributed by atoms with Crippen molar-refractivity contribution < 1.29 is 13.2 Å². The highest BCUT2D eigenvalue weighted by Crippen LogP contribution is 2.28. The average molecular weight is 452 g/mol. The molecule has 32 heavy (non-hydrogen) atoms. The van der Waals surface area contributed by atoms with Crippen LogP contribution in [0.2, 0.25) is 0 Å². The van der Waals surface area contributed by atoms with Crippen molar-refractivity contribution in [1.29, 1.82) is 0 Å². The van der Waals surface area contributed by atoms with Crippen molar-refractivity contribution in [3.63, 3.8) is 0 Å². The van der Waals surface area contributed by atoms with Gasteiger partial charge in [0.25, 0.3) is 0 Å². The molecule has 1 N–H and O–H groups in total. The number of pyridine rings is 1. The molecule has 1 saturated heterocycles. The van der Waals surface area contributed by atoms with Crippen LogP contribution in [-0.4, -0.2) is 36.7 Å². The zero-order chi connectivity index (χ0) is 22.9. The number of fused-ring (bicyclic) bond motifs is 1.